The minimum absolute atomic E-state index is 0.383. The number of carbonyl (C=O) groups excluding carboxylic acids is 1. The molecular weight excluding hydrogens is 214 g/mol. The third-order valence-electron chi connectivity index (χ3n) is 4.82. The zero-order chi connectivity index (χ0) is 11.8. The van der Waals surface area contributed by atoms with Gasteiger partial charge in [0, 0.05) is 37.6 Å². The van der Waals surface area contributed by atoms with Gasteiger partial charge in [-0.1, -0.05) is 0 Å². The predicted octanol–water partition coefficient (Wildman–Crippen LogP) is 0.434. The van der Waals surface area contributed by atoms with Crippen LogP contribution in [0, 0.1) is 0 Å². The third-order valence-corrected chi connectivity index (χ3v) is 4.82. The number of carbonyl (C=O) groups is 1. The first-order valence-electron chi connectivity index (χ1n) is 6.99. The van der Waals surface area contributed by atoms with Gasteiger partial charge in [0.25, 0.3) is 0 Å². The highest BCUT2D eigenvalue weighted by Crippen LogP contribution is 2.33. The fourth-order valence-corrected chi connectivity index (χ4v) is 3.80. The molecule has 4 nitrogen and oxygen atoms in total. The van der Waals surface area contributed by atoms with Gasteiger partial charge < -0.3 is 10.2 Å². The van der Waals surface area contributed by atoms with Gasteiger partial charge in [-0.2, -0.15) is 0 Å². The van der Waals surface area contributed by atoms with Gasteiger partial charge in [0.1, 0.15) is 0 Å². The zero-order valence-electron chi connectivity index (χ0n) is 10.7. The van der Waals surface area contributed by atoms with E-state index in [1.54, 1.807) is 0 Å². The maximum Gasteiger partial charge on any atom is 0.224 e. The molecule has 17 heavy (non-hydrogen) atoms. The van der Waals surface area contributed by atoms with Crippen molar-refractivity contribution >= 4 is 5.91 Å². The quantitative estimate of drug-likeness (QED) is 0.757. The average Bonchev–Trinajstić information content (AvgIpc) is 2.94. The van der Waals surface area contributed by atoms with Crippen LogP contribution in [0.1, 0.15) is 32.1 Å². The molecule has 3 fully saturated rings. The molecule has 0 aromatic carbocycles. The molecule has 3 saturated heterocycles. The van der Waals surface area contributed by atoms with Crippen molar-refractivity contribution < 1.29 is 4.79 Å². The monoisotopic (exact) mass is 237 g/mol. The zero-order valence-corrected chi connectivity index (χ0v) is 10.7. The first-order chi connectivity index (χ1) is 8.27. The summed E-state index contributed by atoms with van der Waals surface area (Å²) in [6, 6.07) is 1.60. The molecule has 3 heterocycles. The van der Waals surface area contributed by atoms with E-state index in [-0.39, 0.29) is 0 Å². The van der Waals surface area contributed by atoms with E-state index < -0.39 is 0 Å². The molecule has 0 bridgehead atoms. The molecule has 3 unspecified atom stereocenters. The molecule has 3 atom stereocenters. The van der Waals surface area contributed by atoms with E-state index >= 15 is 0 Å². The van der Waals surface area contributed by atoms with Crippen molar-refractivity contribution in [1.29, 1.82) is 0 Å². The number of nitrogens with one attached hydrogen (secondary N) is 1. The number of amides is 1. The molecule has 0 radical (unpaired) electrons. The van der Waals surface area contributed by atoms with Gasteiger partial charge in [-0.25, -0.2) is 0 Å². The second-order valence-electron chi connectivity index (χ2n) is 5.73. The summed E-state index contributed by atoms with van der Waals surface area (Å²) in [5.41, 5.74) is 0. The van der Waals surface area contributed by atoms with Gasteiger partial charge in [0.05, 0.1) is 0 Å². The number of likely N-dealkylation sites (N-methyl/N-ethyl adjacent to an activating group) is 1. The van der Waals surface area contributed by atoms with Crippen molar-refractivity contribution in [2.75, 3.05) is 26.7 Å². The van der Waals surface area contributed by atoms with Crippen LogP contribution in [0.2, 0.25) is 0 Å². The SMILES string of the molecule is CN(C1CCCNC1)C1CC(=O)N2CCCC12. The Bertz CT molecular complexity index is 301. The average molecular weight is 237 g/mol. The highest BCUT2D eigenvalue weighted by molar-refractivity contribution is 5.80. The molecular formula is C13H23N3O. The smallest absolute Gasteiger partial charge is 0.224 e. The number of fused-ring (bicyclic) bond motifs is 1. The van der Waals surface area contributed by atoms with E-state index in [0.717, 1.165) is 26.1 Å². The lowest BCUT2D eigenvalue weighted by Gasteiger charge is -2.37. The van der Waals surface area contributed by atoms with Crippen molar-refractivity contribution in [1.82, 2.24) is 15.1 Å². The lowest BCUT2D eigenvalue weighted by molar-refractivity contribution is -0.127. The summed E-state index contributed by atoms with van der Waals surface area (Å²) >= 11 is 0. The van der Waals surface area contributed by atoms with Crippen molar-refractivity contribution in [2.45, 2.75) is 50.2 Å². The van der Waals surface area contributed by atoms with Crippen molar-refractivity contribution in [3.63, 3.8) is 0 Å². The molecule has 0 aromatic rings. The molecule has 1 N–H and O–H groups in total. The summed E-state index contributed by atoms with van der Waals surface area (Å²) in [5, 5.41) is 3.47. The predicted molar refractivity (Wildman–Crippen MR) is 66.8 cm³/mol. The van der Waals surface area contributed by atoms with Gasteiger partial charge in [0.15, 0.2) is 0 Å². The lowest BCUT2D eigenvalue weighted by Crippen LogP contribution is -2.51. The Morgan fingerprint density at radius 1 is 1.35 bits per heavy atom. The fourth-order valence-electron chi connectivity index (χ4n) is 3.80. The molecule has 3 aliphatic rings. The second-order valence-corrected chi connectivity index (χ2v) is 5.73. The van der Waals surface area contributed by atoms with Crippen LogP contribution >= 0.6 is 0 Å². The van der Waals surface area contributed by atoms with Crippen LogP contribution in [0.15, 0.2) is 0 Å². The van der Waals surface area contributed by atoms with E-state index in [1.807, 2.05) is 0 Å². The molecule has 3 aliphatic heterocycles. The molecule has 3 rings (SSSR count). The molecule has 0 aromatic heterocycles. The van der Waals surface area contributed by atoms with Crippen LogP contribution in [0.3, 0.4) is 0 Å². The Balaban J connectivity index is 1.68. The summed E-state index contributed by atoms with van der Waals surface area (Å²) in [6.45, 7) is 3.24. The summed E-state index contributed by atoms with van der Waals surface area (Å²) in [5.74, 6) is 0.383. The molecule has 0 spiro atoms. The van der Waals surface area contributed by atoms with E-state index in [2.05, 4.69) is 22.2 Å². The van der Waals surface area contributed by atoms with Crippen molar-refractivity contribution in [2.24, 2.45) is 0 Å². The van der Waals surface area contributed by atoms with Gasteiger partial charge in [-0.3, -0.25) is 9.69 Å². The normalized spacial score (nSPS) is 37.9. The number of nitrogens with zero attached hydrogens (tertiary/aromatic N) is 2. The highest BCUT2D eigenvalue weighted by Gasteiger charge is 2.45. The summed E-state index contributed by atoms with van der Waals surface area (Å²) in [6.07, 6.45) is 5.70. The van der Waals surface area contributed by atoms with E-state index in [4.69, 9.17) is 0 Å². The summed E-state index contributed by atoms with van der Waals surface area (Å²) < 4.78 is 0. The minimum atomic E-state index is 0.383. The molecule has 4 heteroatoms. The number of piperidine rings is 1. The second kappa shape index (κ2) is 4.58. The van der Waals surface area contributed by atoms with Gasteiger partial charge in [-0.05, 0) is 39.3 Å². The largest absolute Gasteiger partial charge is 0.338 e. The van der Waals surface area contributed by atoms with Crippen LogP contribution in [0.4, 0.5) is 0 Å². The Hall–Kier alpha value is -0.610. The lowest BCUT2D eigenvalue weighted by atomic mass is 9.99. The minimum Gasteiger partial charge on any atom is -0.338 e. The van der Waals surface area contributed by atoms with E-state index in [9.17, 15) is 4.79 Å². The Labute approximate surface area is 103 Å². The van der Waals surface area contributed by atoms with Crippen LogP contribution in [0.5, 0.6) is 0 Å². The maximum atomic E-state index is 11.9. The van der Waals surface area contributed by atoms with Crippen LogP contribution < -0.4 is 5.32 Å². The summed E-state index contributed by atoms with van der Waals surface area (Å²) in [7, 11) is 2.22. The van der Waals surface area contributed by atoms with Gasteiger partial charge in [0.2, 0.25) is 5.91 Å². The molecule has 0 aliphatic carbocycles. The Kier molecular flexibility index (Phi) is 3.09. The first-order valence-corrected chi connectivity index (χ1v) is 6.99. The summed E-state index contributed by atoms with van der Waals surface area (Å²) in [4.78, 5) is 16.5. The fraction of sp³-hybridized carbons (Fsp3) is 0.923. The highest BCUT2D eigenvalue weighted by atomic mass is 16.2. The molecule has 96 valence electrons. The van der Waals surface area contributed by atoms with Crippen LogP contribution in [0.25, 0.3) is 0 Å². The Morgan fingerprint density at radius 2 is 2.24 bits per heavy atom. The van der Waals surface area contributed by atoms with Crippen molar-refractivity contribution in [3.05, 3.63) is 0 Å². The molecule has 1 amide bonds. The van der Waals surface area contributed by atoms with E-state index in [0.29, 0.717) is 24.0 Å². The van der Waals surface area contributed by atoms with Gasteiger partial charge >= 0.3 is 0 Å². The third kappa shape index (κ3) is 1.97. The Morgan fingerprint density at radius 3 is 3.00 bits per heavy atom. The number of rotatable bonds is 2. The van der Waals surface area contributed by atoms with E-state index in [1.165, 1.54) is 25.7 Å². The van der Waals surface area contributed by atoms with Gasteiger partial charge in [-0.15, -0.1) is 0 Å². The molecule has 0 saturated carbocycles. The first kappa shape index (κ1) is 11.5. The van der Waals surface area contributed by atoms with Crippen LogP contribution in [-0.2, 0) is 4.79 Å². The van der Waals surface area contributed by atoms with Crippen molar-refractivity contribution in [3.8, 4) is 0 Å². The number of hydrogen-bond acceptors (Lipinski definition) is 3. The topological polar surface area (TPSA) is 35.6 Å². The van der Waals surface area contributed by atoms with Crippen LogP contribution in [-0.4, -0.2) is 60.5 Å². The standard InChI is InChI=1S/C13H23N3O/c1-15(10-4-2-6-14-9-10)12-8-13(17)16-7-3-5-11(12)16/h10-12,14H,2-9H2,1H3. The maximum absolute atomic E-state index is 11.9. The number of hydrogen-bond donors (Lipinski definition) is 1.